The molecule has 2 heterocycles. The van der Waals surface area contributed by atoms with Crippen molar-refractivity contribution in [1.29, 1.82) is 0 Å². The molecule has 2 aromatic rings. The number of benzene rings is 1. The third kappa shape index (κ3) is 6.04. The monoisotopic (exact) mass is 500 g/mol. The number of carbonyl (C=O) groups is 3. The number of nitrogens with one attached hydrogen (secondary N) is 2. The molecular formula is C26H36N4O6. The number of amides is 4. The van der Waals surface area contributed by atoms with Crippen LogP contribution < -0.4 is 20.1 Å². The second-order valence-corrected chi connectivity index (χ2v) is 9.15. The Morgan fingerprint density at radius 2 is 1.64 bits per heavy atom. The average Bonchev–Trinajstić information content (AvgIpc) is 3.05. The van der Waals surface area contributed by atoms with Crippen LogP contribution in [0.1, 0.15) is 74.1 Å². The van der Waals surface area contributed by atoms with Crippen LogP contribution in [0.25, 0.3) is 0 Å². The number of imide groups is 2. The number of ether oxygens (including phenoxy) is 1. The number of imidazole rings is 1. The summed E-state index contributed by atoms with van der Waals surface area (Å²) in [6.45, 7) is 6.03. The number of aliphatic hydroxyl groups is 1. The van der Waals surface area contributed by atoms with Crippen molar-refractivity contribution in [3.8, 4) is 5.75 Å². The van der Waals surface area contributed by atoms with Crippen molar-refractivity contribution < 1.29 is 29.0 Å². The Morgan fingerprint density at radius 3 is 2.25 bits per heavy atom. The lowest BCUT2D eigenvalue weighted by Gasteiger charge is -2.27. The van der Waals surface area contributed by atoms with Gasteiger partial charge in [0.05, 0.1) is 13.2 Å². The summed E-state index contributed by atoms with van der Waals surface area (Å²) in [6.07, 6.45) is 6.94. The topological polar surface area (TPSA) is 137 Å². The van der Waals surface area contributed by atoms with E-state index >= 15 is 0 Å². The first-order chi connectivity index (χ1) is 17.3. The molecule has 1 aliphatic heterocycles. The van der Waals surface area contributed by atoms with Gasteiger partial charge in [-0.05, 0) is 24.1 Å². The summed E-state index contributed by atoms with van der Waals surface area (Å²) in [5.74, 6) is -3.14. The van der Waals surface area contributed by atoms with Gasteiger partial charge in [0, 0.05) is 13.8 Å². The summed E-state index contributed by atoms with van der Waals surface area (Å²) in [5.41, 5.74) is 1.55. The van der Waals surface area contributed by atoms with E-state index in [0.29, 0.717) is 34.0 Å². The molecule has 0 bridgehead atoms. The zero-order valence-corrected chi connectivity index (χ0v) is 21.2. The van der Waals surface area contributed by atoms with Crippen LogP contribution in [0.5, 0.6) is 5.75 Å². The third-order valence-electron chi connectivity index (χ3n) is 6.70. The molecule has 0 aliphatic carbocycles. The smallest absolute Gasteiger partial charge is 0.328 e. The van der Waals surface area contributed by atoms with Crippen molar-refractivity contribution >= 4 is 17.8 Å². The molecule has 3 rings (SSSR count). The standard InChI is InChI=1S/C26H36N4O6/c1-4-5-6-7-8-9-16-36-20-12-10-19(11-13-20)21(22-23(32)27-26(34)28-24(22)33)25-29(14-15-31)17(2)18(3)30(25)35/h10-13,21-22,31H,4-9,14-16H2,1-3H3,(H2,27,28,32,33,34)/t21-/m0/s1. The molecule has 1 saturated heterocycles. The highest BCUT2D eigenvalue weighted by molar-refractivity contribution is 6.16. The normalized spacial score (nSPS) is 15.1. The van der Waals surface area contributed by atoms with Crippen molar-refractivity contribution in [2.24, 2.45) is 5.92 Å². The molecule has 1 aromatic heterocycles. The molecule has 1 atom stereocenters. The maximum Gasteiger partial charge on any atom is 0.328 e. The summed E-state index contributed by atoms with van der Waals surface area (Å²) in [7, 11) is 0. The van der Waals surface area contributed by atoms with Crippen LogP contribution in [0.15, 0.2) is 24.3 Å². The number of hydrogen-bond donors (Lipinski definition) is 3. The number of urea groups is 1. The fourth-order valence-corrected chi connectivity index (χ4v) is 4.64. The molecule has 10 heteroatoms. The second kappa shape index (κ2) is 12.5. The highest BCUT2D eigenvalue weighted by Gasteiger charge is 2.47. The van der Waals surface area contributed by atoms with E-state index in [9.17, 15) is 24.7 Å². The van der Waals surface area contributed by atoms with Gasteiger partial charge in [0.15, 0.2) is 0 Å². The molecule has 1 aliphatic rings. The maximum atomic E-state index is 13.2. The van der Waals surface area contributed by atoms with Gasteiger partial charge in [0.2, 0.25) is 11.8 Å². The number of hydrogen-bond acceptors (Lipinski definition) is 6. The predicted molar refractivity (Wildman–Crippen MR) is 132 cm³/mol. The summed E-state index contributed by atoms with van der Waals surface area (Å²) >= 11 is 0. The molecule has 196 valence electrons. The highest BCUT2D eigenvalue weighted by atomic mass is 16.5. The Kier molecular flexibility index (Phi) is 9.46. The van der Waals surface area contributed by atoms with Gasteiger partial charge in [0.1, 0.15) is 35.5 Å². The molecular weight excluding hydrogens is 464 g/mol. The Labute approximate surface area is 211 Å². The molecule has 36 heavy (non-hydrogen) atoms. The average molecular weight is 501 g/mol. The molecule has 0 spiro atoms. The predicted octanol–water partition coefficient (Wildman–Crippen LogP) is 2.58. The first-order valence-electron chi connectivity index (χ1n) is 12.6. The van der Waals surface area contributed by atoms with Crippen LogP contribution >= 0.6 is 0 Å². The number of nitrogens with zero attached hydrogens (tertiary/aromatic N) is 2. The van der Waals surface area contributed by atoms with Gasteiger partial charge in [0.25, 0.3) is 5.82 Å². The second-order valence-electron chi connectivity index (χ2n) is 9.15. The fourth-order valence-electron chi connectivity index (χ4n) is 4.64. The first-order valence-corrected chi connectivity index (χ1v) is 12.6. The molecule has 1 aromatic carbocycles. The van der Waals surface area contributed by atoms with Crippen molar-refractivity contribution in [2.45, 2.75) is 71.8 Å². The van der Waals surface area contributed by atoms with Crippen molar-refractivity contribution in [3.63, 3.8) is 0 Å². The zero-order valence-electron chi connectivity index (χ0n) is 21.2. The van der Waals surface area contributed by atoms with Crippen LogP contribution in [0.3, 0.4) is 0 Å². The van der Waals surface area contributed by atoms with Crippen LogP contribution in [0, 0.1) is 25.0 Å². The molecule has 10 nitrogen and oxygen atoms in total. The summed E-state index contributed by atoms with van der Waals surface area (Å²) in [6, 6.07) is 6.04. The molecule has 0 unspecified atom stereocenters. The van der Waals surface area contributed by atoms with Crippen molar-refractivity contribution in [1.82, 2.24) is 15.2 Å². The van der Waals surface area contributed by atoms with Gasteiger partial charge in [-0.1, -0.05) is 51.2 Å². The van der Waals surface area contributed by atoms with Crippen LogP contribution in [-0.2, 0) is 16.1 Å². The molecule has 0 saturated carbocycles. The number of carbonyl (C=O) groups excluding carboxylic acids is 3. The highest BCUT2D eigenvalue weighted by Crippen LogP contribution is 2.34. The summed E-state index contributed by atoms with van der Waals surface area (Å²) in [4.78, 5) is 37.3. The summed E-state index contributed by atoms with van der Waals surface area (Å²) < 4.78 is 8.16. The van der Waals surface area contributed by atoms with E-state index in [1.165, 1.54) is 25.7 Å². The van der Waals surface area contributed by atoms with Crippen LogP contribution in [0.2, 0.25) is 0 Å². The Balaban J connectivity index is 1.90. The maximum absolute atomic E-state index is 13.2. The van der Waals surface area contributed by atoms with E-state index in [0.717, 1.165) is 12.8 Å². The van der Waals surface area contributed by atoms with Crippen LogP contribution in [-0.4, -0.2) is 40.7 Å². The van der Waals surface area contributed by atoms with Crippen LogP contribution in [0.4, 0.5) is 4.79 Å². The number of aliphatic hydroxyl groups excluding tert-OH is 1. The van der Waals surface area contributed by atoms with E-state index in [-0.39, 0.29) is 19.0 Å². The summed E-state index contributed by atoms with van der Waals surface area (Å²) in [5, 5.41) is 27.1. The minimum absolute atomic E-state index is 0.113. The molecule has 4 amide bonds. The number of aromatic nitrogens is 2. The number of rotatable bonds is 13. The zero-order chi connectivity index (χ0) is 26.2. The molecule has 1 fully saturated rings. The van der Waals surface area contributed by atoms with Gasteiger partial charge in [-0.3, -0.25) is 20.2 Å². The lowest BCUT2D eigenvalue weighted by Crippen LogP contribution is -2.58. The Hall–Kier alpha value is -3.40. The minimum Gasteiger partial charge on any atom is -0.711 e. The largest absolute Gasteiger partial charge is 0.711 e. The van der Waals surface area contributed by atoms with Gasteiger partial charge in [-0.2, -0.15) is 0 Å². The number of barbiturate groups is 1. The van der Waals surface area contributed by atoms with Gasteiger partial charge in [-0.15, -0.1) is 0 Å². The van der Waals surface area contributed by atoms with Gasteiger partial charge in [-0.25, -0.2) is 14.1 Å². The van der Waals surface area contributed by atoms with Crippen molar-refractivity contribution in [3.05, 3.63) is 52.2 Å². The molecule has 3 N–H and O–H groups in total. The van der Waals surface area contributed by atoms with E-state index in [4.69, 9.17) is 4.74 Å². The quantitative estimate of drug-likeness (QED) is 0.167. The van der Waals surface area contributed by atoms with E-state index in [1.807, 2.05) is 0 Å². The molecule has 0 radical (unpaired) electrons. The van der Waals surface area contributed by atoms with Gasteiger partial charge >= 0.3 is 6.03 Å². The SMILES string of the molecule is CCCCCCCCOc1ccc([C@H](c2n(CCO)c(C)c(C)[n+]2[O-])C2C(=O)NC(=O)NC2=O)cc1. The number of unbranched alkanes of at least 4 members (excludes halogenated alkanes) is 5. The third-order valence-corrected chi connectivity index (χ3v) is 6.70. The lowest BCUT2D eigenvalue weighted by atomic mass is 9.83. The van der Waals surface area contributed by atoms with E-state index in [2.05, 4.69) is 17.6 Å². The fraction of sp³-hybridized carbons (Fsp3) is 0.538. The van der Waals surface area contributed by atoms with Gasteiger partial charge < -0.3 is 15.1 Å². The lowest BCUT2D eigenvalue weighted by molar-refractivity contribution is -0.621. The Morgan fingerprint density at radius 1 is 1.03 bits per heavy atom. The Bertz CT molecular complexity index is 1060. The van der Waals surface area contributed by atoms with E-state index in [1.54, 1.807) is 42.7 Å². The van der Waals surface area contributed by atoms with E-state index < -0.39 is 29.7 Å². The van der Waals surface area contributed by atoms with Crippen molar-refractivity contribution in [2.75, 3.05) is 13.2 Å². The minimum atomic E-state index is -1.36. The first kappa shape index (κ1) is 27.2.